The highest BCUT2D eigenvalue weighted by Gasteiger charge is 2.34. The Kier molecular flexibility index (Phi) is 7.27. The second-order valence-corrected chi connectivity index (χ2v) is 11.6. The normalized spacial score (nSPS) is 19.1. The largest absolute Gasteiger partial charge is 0.459 e. The first kappa shape index (κ1) is 23.3. The van der Waals surface area contributed by atoms with E-state index in [1.807, 2.05) is 50.0 Å². The molecule has 0 spiro atoms. The molecule has 0 aliphatic carbocycles. The smallest absolute Gasteiger partial charge is 0.323 e. The summed E-state index contributed by atoms with van der Waals surface area (Å²) >= 11 is 3.53. The van der Waals surface area contributed by atoms with Crippen molar-refractivity contribution >= 4 is 40.5 Å². The van der Waals surface area contributed by atoms with E-state index in [4.69, 9.17) is 10.1 Å². The first-order valence-corrected chi connectivity index (χ1v) is 13.3. The molecule has 2 aliphatic rings. The summed E-state index contributed by atoms with van der Waals surface area (Å²) in [4.78, 5) is 19.7. The van der Waals surface area contributed by atoms with Crippen molar-refractivity contribution in [3.63, 3.8) is 0 Å². The molecule has 0 bridgehead atoms. The van der Waals surface area contributed by atoms with Crippen molar-refractivity contribution in [1.82, 2.24) is 4.90 Å². The van der Waals surface area contributed by atoms with E-state index in [0.29, 0.717) is 12.1 Å². The van der Waals surface area contributed by atoms with Gasteiger partial charge in [-0.3, -0.25) is 9.69 Å². The fraction of sp³-hybridized carbons (Fsp3) is 0.520. The molecule has 1 N–H and O–H groups in total. The molecule has 32 heavy (non-hydrogen) atoms. The molecule has 1 saturated heterocycles. The average molecular weight is 472 g/mol. The maximum absolute atomic E-state index is 12.6. The van der Waals surface area contributed by atoms with Crippen LogP contribution in [0.5, 0.6) is 0 Å². The molecule has 0 unspecified atom stereocenters. The van der Waals surface area contributed by atoms with E-state index < -0.39 is 5.60 Å². The topological polar surface area (TPSA) is 56.6 Å². The van der Waals surface area contributed by atoms with Crippen molar-refractivity contribution in [2.45, 2.75) is 56.6 Å². The number of anilines is 1. The number of ether oxygens (including phenoxy) is 1. The lowest BCUT2D eigenvalue weighted by atomic mass is 10.1. The zero-order valence-corrected chi connectivity index (χ0v) is 20.9. The van der Waals surface area contributed by atoms with E-state index in [9.17, 15) is 4.79 Å². The maximum atomic E-state index is 12.6. The van der Waals surface area contributed by atoms with Crippen molar-refractivity contribution in [3.05, 3.63) is 46.2 Å². The highest BCUT2D eigenvalue weighted by Crippen LogP contribution is 2.36. The minimum absolute atomic E-state index is 0.0811. The number of carbonyl (C=O) groups excluding carboxylic acids is 1. The van der Waals surface area contributed by atoms with Gasteiger partial charge >= 0.3 is 5.97 Å². The Bertz CT molecular complexity index is 953. The molecule has 4 rings (SSSR count). The Morgan fingerprint density at radius 2 is 2.06 bits per heavy atom. The number of nitrogens with zero attached hydrogens (tertiary/aromatic N) is 2. The number of rotatable bonds is 7. The third-order valence-electron chi connectivity index (χ3n) is 5.88. The molecule has 3 heterocycles. The summed E-state index contributed by atoms with van der Waals surface area (Å²) in [6.07, 6.45) is 2.61. The number of nitrogens with one attached hydrogen (secondary N) is 1. The van der Waals surface area contributed by atoms with Crippen LogP contribution in [-0.2, 0) is 16.0 Å². The second kappa shape index (κ2) is 9.98. The summed E-state index contributed by atoms with van der Waals surface area (Å²) in [6, 6.07) is 10.5. The van der Waals surface area contributed by atoms with Gasteiger partial charge in [0.1, 0.15) is 11.6 Å². The highest BCUT2D eigenvalue weighted by molar-refractivity contribution is 7.99. The van der Waals surface area contributed by atoms with Gasteiger partial charge in [-0.15, -0.1) is 23.1 Å². The number of benzene rings is 1. The van der Waals surface area contributed by atoms with E-state index in [1.165, 1.54) is 16.1 Å². The summed E-state index contributed by atoms with van der Waals surface area (Å²) in [5.41, 5.74) is 2.72. The Labute approximate surface area is 199 Å². The van der Waals surface area contributed by atoms with Crippen molar-refractivity contribution in [2.75, 3.05) is 36.8 Å². The van der Waals surface area contributed by atoms with Crippen molar-refractivity contribution in [1.29, 1.82) is 5.41 Å². The Morgan fingerprint density at radius 1 is 1.22 bits per heavy atom. The fourth-order valence-corrected chi connectivity index (χ4v) is 6.17. The first-order valence-electron chi connectivity index (χ1n) is 11.4. The van der Waals surface area contributed by atoms with E-state index >= 15 is 0 Å². The van der Waals surface area contributed by atoms with E-state index in [0.717, 1.165) is 49.7 Å². The lowest BCUT2D eigenvalue weighted by Crippen LogP contribution is -2.44. The van der Waals surface area contributed by atoms with Crippen LogP contribution in [0.25, 0.3) is 0 Å². The third-order valence-corrected chi connectivity index (χ3v) is 7.84. The van der Waals surface area contributed by atoms with Crippen LogP contribution in [0.1, 0.15) is 44.1 Å². The van der Waals surface area contributed by atoms with Crippen molar-refractivity contribution < 1.29 is 9.53 Å². The molecule has 172 valence electrons. The lowest BCUT2D eigenvalue weighted by molar-refractivity contribution is -0.160. The zero-order chi connectivity index (χ0) is 22.7. The summed E-state index contributed by atoms with van der Waals surface area (Å²) in [7, 11) is 0. The molecule has 7 heteroatoms. The summed E-state index contributed by atoms with van der Waals surface area (Å²) < 4.78 is 5.66. The van der Waals surface area contributed by atoms with Crippen LogP contribution in [0.2, 0.25) is 0 Å². The van der Waals surface area contributed by atoms with Crippen LogP contribution in [0.4, 0.5) is 5.69 Å². The van der Waals surface area contributed by atoms with Crippen LogP contribution in [0.3, 0.4) is 0 Å². The van der Waals surface area contributed by atoms with Gasteiger partial charge in [0, 0.05) is 41.6 Å². The Hall–Kier alpha value is -1.83. The van der Waals surface area contributed by atoms with Gasteiger partial charge in [0.15, 0.2) is 0 Å². The monoisotopic (exact) mass is 471 g/mol. The molecule has 1 fully saturated rings. The van der Waals surface area contributed by atoms with Crippen LogP contribution in [-0.4, -0.2) is 60.2 Å². The minimum atomic E-state index is -0.439. The number of likely N-dealkylation sites (tertiary alicyclic amines) is 1. The van der Waals surface area contributed by atoms with Gasteiger partial charge in [-0.25, -0.2) is 0 Å². The molecule has 1 aromatic carbocycles. The number of esters is 1. The van der Waals surface area contributed by atoms with Gasteiger partial charge < -0.3 is 15.0 Å². The molecule has 2 aliphatic heterocycles. The number of carbonyl (C=O) groups is 1. The molecule has 0 saturated carbocycles. The number of hydrogen-bond donors (Lipinski definition) is 1. The van der Waals surface area contributed by atoms with E-state index in [1.54, 1.807) is 11.3 Å². The van der Waals surface area contributed by atoms with Gasteiger partial charge in [-0.05, 0) is 69.3 Å². The van der Waals surface area contributed by atoms with Crippen molar-refractivity contribution in [2.24, 2.45) is 0 Å². The van der Waals surface area contributed by atoms with Crippen LogP contribution in [0.15, 0.2) is 40.6 Å². The van der Waals surface area contributed by atoms with Crippen LogP contribution >= 0.6 is 23.1 Å². The van der Waals surface area contributed by atoms with Gasteiger partial charge in [-0.2, -0.15) is 0 Å². The predicted molar refractivity (Wildman–Crippen MR) is 135 cm³/mol. The number of hydrogen-bond acceptors (Lipinski definition) is 7. The van der Waals surface area contributed by atoms with Gasteiger partial charge in [0.25, 0.3) is 0 Å². The molecule has 0 radical (unpaired) electrons. The predicted octanol–water partition coefficient (Wildman–Crippen LogP) is 5.08. The third kappa shape index (κ3) is 5.74. The standard InChI is InChI=1S/C25H33N3O2S2/c1-25(2,3)30-24(29)21-6-4-10-27(21)11-12-28-13-15-32-23-17-18(8-9-20(23)28)16-19(26)22-7-5-14-31-22/h5,7-9,14,17,21,26H,4,6,10-13,15-16H2,1-3H3/t21-/m0/s1. The van der Waals surface area contributed by atoms with Crippen LogP contribution in [0, 0.1) is 5.41 Å². The molecular weight excluding hydrogens is 438 g/mol. The molecule has 2 aromatic rings. The highest BCUT2D eigenvalue weighted by atomic mass is 32.2. The molecule has 1 atom stereocenters. The maximum Gasteiger partial charge on any atom is 0.323 e. The summed E-state index contributed by atoms with van der Waals surface area (Å²) in [6.45, 7) is 9.57. The number of fused-ring (bicyclic) bond motifs is 1. The molecule has 1 aromatic heterocycles. The molecule has 5 nitrogen and oxygen atoms in total. The SMILES string of the molecule is CC(C)(C)OC(=O)[C@@H]1CCCN1CCN1CCSc2cc(CC(=N)c3cccs3)ccc21. The summed E-state index contributed by atoms with van der Waals surface area (Å²) in [5, 5.41) is 10.4. The average Bonchev–Trinajstić information content (AvgIpc) is 3.43. The fourth-order valence-electron chi connectivity index (χ4n) is 4.39. The molecular formula is C25H33N3O2S2. The minimum Gasteiger partial charge on any atom is -0.459 e. The van der Waals surface area contributed by atoms with E-state index in [2.05, 4.69) is 28.0 Å². The summed E-state index contributed by atoms with van der Waals surface area (Å²) in [5.74, 6) is 0.983. The first-order chi connectivity index (χ1) is 15.3. The lowest BCUT2D eigenvalue weighted by Gasteiger charge is -2.34. The number of thioether (sulfide) groups is 1. The van der Waals surface area contributed by atoms with E-state index in [-0.39, 0.29) is 12.0 Å². The molecule has 0 amide bonds. The quantitative estimate of drug-likeness (QED) is 0.451. The number of thiophene rings is 1. The zero-order valence-electron chi connectivity index (χ0n) is 19.2. The van der Waals surface area contributed by atoms with Crippen LogP contribution < -0.4 is 4.90 Å². The van der Waals surface area contributed by atoms with Crippen molar-refractivity contribution in [3.8, 4) is 0 Å². The van der Waals surface area contributed by atoms with Gasteiger partial charge in [-0.1, -0.05) is 12.1 Å². The van der Waals surface area contributed by atoms with Gasteiger partial charge in [0.2, 0.25) is 0 Å². The Balaban J connectivity index is 1.38. The van der Waals surface area contributed by atoms with Gasteiger partial charge in [0.05, 0.1) is 11.4 Å². The second-order valence-electron chi connectivity index (χ2n) is 9.50. The Morgan fingerprint density at radius 3 is 2.81 bits per heavy atom.